The summed E-state index contributed by atoms with van der Waals surface area (Å²) in [6, 6.07) is 5.80. The lowest BCUT2D eigenvalue weighted by Gasteiger charge is -2.31. The summed E-state index contributed by atoms with van der Waals surface area (Å²) in [6.45, 7) is 7.93. The summed E-state index contributed by atoms with van der Waals surface area (Å²) < 4.78 is 0. The lowest BCUT2D eigenvalue weighted by Crippen LogP contribution is -2.42. The van der Waals surface area contributed by atoms with E-state index in [-0.39, 0.29) is 29.9 Å². The van der Waals surface area contributed by atoms with Crippen LogP contribution in [0.2, 0.25) is 0 Å². The molecular weight excluding hydrogens is 429 g/mol. The standard InChI is InChI=1S/C18H29N5O.HI/c1-3-19-18(22-13-16-8-4-5-10-20-16)21-11-9-17(24)23-12-6-7-15(2)14-23;/h4-5,8,10,15H,3,6-7,9,11-14H2,1-2H3,(H2,19,21,22);1H. The average molecular weight is 459 g/mol. The molecule has 140 valence electrons. The number of hydrogen-bond acceptors (Lipinski definition) is 3. The number of guanidine groups is 1. The number of aliphatic imine (C=N–C) groups is 1. The number of pyridine rings is 1. The maximum atomic E-state index is 12.3. The third-order valence-electron chi connectivity index (χ3n) is 4.11. The number of halogens is 1. The van der Waals surface area contributed by atoms with Crippen molar-refractivity contribution in [3.05, 3.63) is 30.1 Å². The number of piperidine rings is 1. The normalized spacial score (nSPS) is 17.6. The van der Waals surface area contributed by atoms with Gasteiger partial charge in [-0.15, -0.1) is 24.0 Å². The van der Waals surface area contributed by atoms with Crippen LogP contribution < -0.4 is 10.6 Å². The first-order valence-corrected chi connectivity index (χ1v) is 8.89. The molecule has 2 rings (SSSR count). The quantitative estimate of drug-likeness (QED) is 0.390. The fraction of sp³-hybridized carbons (Fsp3) is 0.611. The highest BCUT2D eigenvalue weighted by molar-refractivity contribution is 14.0. The van der Waals surface area contributed by atoms with Crippen LogP contribution >= 0.6 is 24.0 Å². The minimum atomic E-state index is 0. The van der Waals surface area contributed by atoms with Crippen LogP contribution in [-0.2, 0) is 11.3 Å². The van der Waals surface area contributed by atoms with Crippen molar-refractivity contribution < 1.29 is 4.79 Å². The van der Waals surface area contributed by atoms with Crippen LogP contribution in [0.15, 0.2) is 29.4 Å². The summed E-state index contributed by atoms with van der Waals surface area (Å²) in [5.74, 6) is 1.57. The Morgan fingerprint density at radius 3 is 2.92 bits per heavy atom. The average Bonchev–Trinajstić information content (AvgIpc) is 2.60. The number of rotatable bonds is 6. The first-order valence-electron chi connectivity index (χ1n) is 8.89. The van der Waals surface area contributed by atoms with Gasteiger partial charge < -0.3 is 15.5 Å². The molecule has 0 bridgehead atoms. The van der Waals surface area contributed by atoms with Gasteiger partial charge >= 0.3 is 0 Å². The smallest absolute Gasteiger partial charge is 0.224 e. The number of nitrogens with one attached hydrogen (secondary N) is 2. The van der Waals surface area contributed by atoms with Gasteiger partial charge in [0.15, 0.2) is 5.96 Å². The summed E-state index contributed by atoms with van der Waals surface area (Å²) in [5.41, 5.74) is 0.924. The molecule has 0 radical (unpaired) electrons. The van der Waals surface area contributed by atoms with E-state index in [0.717, 1.165) is 37.7 Å². The molecular formula is C18H30IN5O. The molecule has 1 saturated heterocycles. The Kier molecular flexibility index (Phi) is 10.4. The molecule has 1 aromatic heterocycles. The SMILES string of the molecule is CCNC(=NCc1ccccn1)NCCC(=O)N1CCCC(C)C1.I. The van der Waals surface area contributed by atoms with Gasteiger partial charge in [-0.2, -0.15) is 0 Å². The Hall–Kier alpha value is -1.38. The molecule has 7 heteroatoms. The van der Waals surface area contributed by atoms with Gasteiger partial charge in [0, 0.05) is 38.8 Å². The molecule has 1 aliphatic rings. The van der Waals surface area contributed by atoms with Gasteiger partial charge in [0.1, 0.15) is 0 Å². The van der Waals surface area contributed by atoms with Crippen LogP contribution in [0, 0.1) is 5.92 Å². The molecule has 1 amide bonds. The van der Waals surface area contributed by atoms with Crippen LogP contribution in [0.1, 0.15) is 38.8 Å². The Balaban J connectivity index is 0.00000312. The van der Waals surface area contributed by atoms with Gasteiger partial charge in [0.2, 0.25) is 5.91 Å². The molecule has 0 aliphatic carbocycles. The molecule has 1 aromatic rings. The van der Waals surface area contributed by atoms with Crippen LogP contribution in [0.4, 0.5) is 0 Å². The van der Waals surface area contributed by atoms with E-state index in [2.05, 4.69) is 27.5 Å². The van der Waals surface area contributed by atoms with Crippen molar-refractivity contribution in [2.75, 3.05) is 26.2 Å². The van der Waals surface area contributed by atoms with E-state index in [0.29, 0.717) is 25.4 Å². The van der Waals surface area contributed by atoms with Crippen molar-refractivity contribution in [2.24, 2.45) is 10.9 Å². The van der Waals surface area contributed by atoms with E-state index >= 15 is 0 Å². The third kappa shape index (κ3) is 8.02. The van der Waals surface area contributed by atoms with Crippen molar-refractivity contribution in [3.63, 3.8) is 0 Å². The number of carbonyl (C=O) groups excluding carboxylic acids is 1. The minimum absolute atomic E-state index is 0. The third-order valence-corrected chi connectivity index (χ3v) is 4.11. The number of likely N-dealkylation sites (tertiary alicyclic amines) is 1. The first kappa shape index (κ1) is 21.7. The highest BCUT2D eigenvalue weighted by atomic mass is 127. The van der Waals surface area contributed by atoms with Gasteiger partial charge in [-0.05, 0) is 37.8 Å². The Morgan fingerprint density at radius 1 is 1.40 bits per heavy atom. The Bertz CT molecular complexity index is 538. The molecule has 1 aliphatic heterocycles. The molecule has 1 unspecified atom stereocenters. The predicted molar refractivity (Wildman–Crippen MR) is 112 cm³/mol. The molecule has 2 heterocycles. The van der Waals surface area contributed by atoms with Gasteiger partial charge in [-0.1, -0.05) is 13.0 Å². The zero-order chi connectivity index (χ0) is 17.2. The maximum Gasteiger partial charge on any atom is 0.224 e. The van der Waals surface area contributed by atoms with Crippen LogP contribution in [0.3, 0.4) is 0 Å². The molecule has 1 fully saturated rings. The summed E-state index contributed by atoms with van der Waals surface area (Å²) >= 11 is 0. The van der Waals surface area contributed by atoms with E-state index in [1.807, 2.05) is 30.0 Å². The Labute approximate surface area is 167 Å². The highest BCUT2D eigenvalue weighted by Gasteiger charge is 2.20. The lowest BCUT2D eigenvalue weighted by atomic mass is 10.00. The van der Waals surface area contributed by atoms with E-state index in [4.69, 9.17) is 0 Å². The van der Waals surface area contributed by atoms with E-state index in [1.54, 1.807) is 6.20 Å². The van der Waals surface area contributed by atoms with E-state index in [1.165, 1.54) is 6.42 Å². The second-order valence-corrected chi connectivity index (χ2v) is 6.28. The number of carbonyl (C=O) groups is 1. The second kappa shape index (κ2) is 12.1. The molecule has 0 saturated carbocycles. The molecule has 6 nitrogen and oxygen atoms in total. The second-order valence-electron chi connectivity index (χ2n) is 6.28. The highest BCUT2D eigenvalue weighted by Crippen LogP contribution is 2.15. The monoisotopic (exact) mass is 459 g/mol. The predicted octanol–water partition coefficient (Wildman–Crippen LogP) is 2.40. The van der Waals surface area contributed by atoms with Crippen LogP contribution in [-0.4, -0.2) is 47.9 Å². The fourth-order valence-electron chi connectivity index (χ4n) is 2.86. The summed E-state index contributed by atoms with van der Waals surface area (Å²) in [7, 11) is 0. The zero-order valence-electron chi connectivity index (χ0n) is 15.2. The number of nitrogens with zero attached hydrogens (tertiary/aromatic N) is 3. The Morgan fingerprint density at radius 2 is 2.24 bits per heavy atom. The summed E-state index contributed by atoms with van der Waals surface area (Å²) in [4.78, 5) is 23.0. The molecule has 2 N–H and O–H groups in total. The summed E-state index contributed by atoms with van der Waals surface area (Å²) in [5, 5.41) is 6.44. The lowest BCUT2D eigenvalue weighted by molar-refractivity contribution is -0.132. The zero-order valence-corrected chi connectivity index (χ0v) is 17.5. The van der Waals surface area contributed by atoms with Crippen molar-refractivity contribution in [1.82, 2.24) is 20.5 Å². The largest absolute Gasteiger partial charge is 0.357 e. The minimum Gasteiger partial charge on any atom is -0.357 e. The van der Waals surface area contributed by atoms with Gasteiger partial charge in [0.25, 0.3) is 0 Å². The number of aromatic nitrogens is 1. The molecule has 25 heavy (non-hydrogen) atoms. The fourth-order valence-corrected chi connectivity index (χ4v) is 2.86. The van der Waals surface area contributed by atoms with Crippen LogP contribution in [0.25, 0.3) is 0 Å². The number of amides is 1. The summed E-state index contributed by atoms with van der Waals surface area (Å²) in [6.07, 6.45) is 4.62. The van der Waals surface area contributed by atoms with Crippen LogP contribution in [0.5, 0.6) is 0 Å². The van der Waals surface area contributed by atoms with Crippen molar-refractivity contribution in [3.8, 4) is 0 Å². The van der Waals surface area contributed by atoms with Crippen molar-refractivity contribution in [2.45, 2.75) is 39.7 Å². The first-order chi connectivity index (χ1) is 11.7. The van der Waals surface area contributed by atoms with E-state index < -0.39 is 0 Å². The molecule has 0 aromatic carbocycles. The molecule has 0 spiro atoms. The number of hydrogen-bond donors (Lipinski definition) is 2. The molecule has 1 atom stereocenters. The van der Waals surface area contributed by atoms with E-state index in [9.17, 15) is 4.79 Å². The van der Waals surface area contributed by atoms with Gasteiger partial charge in [-0.25, -0.2) is 4.99 Å². The maximum absolute atomic E-state index is 12.3. The van der Waals surface area contributed by atoms with Gasteiger partial charge in [-0.3, -0.25) is 9.78 Å². The van der Waals surface area contributed by atoms with Gasteiger partial charge in [0.05, 0.1) is 12.2 Å². The topological polar surface area (TPSA) is 69.6 Å². The van der Waals surface area contributed by atoms with Crippen molar-refractivity contribution >= 4 is 35.8 Å². The van der Waals surface area contributed by atoms with Crippen molar-refractivity contribution in [1.29, 1.82) is 0 Å².